The average Bonchev–Trinajstić information content (AvgIpc) is 2.55. The molecule has 0 bridgehead atoms. The van der Waals surface area contributed by atoms with Gasteiger partial charge in [-0.3, -0.25) is 9.10 Å². The van der Waals surface area contributed by atoms with Crippen molar-refractivity contribution in [3.8, 4) is 0 Å². The summed E-state index contributed by atoms with van der Waals surface area (Å²) in [6.07, 6.45) is 1.55. The van der Waals surface area contributed by atoms with E-state index >= 15 is 0 Å². The second-order valence-corrected chi connectivity index (χ2v) is 8.51. The molecule has 2 aromatic rings. The minimum atomic E-state index is -3.25. The first-order chi connectivity index (χ1) is 11.9. The molecule has 0 atom stereocenters. The Hall–Kier alpha value is -2.05. The molecule has 1 heterocycles. The lowest BCUT2D eigenvalue weighted by Crippen LogP contribution is -2.38. The van der Waals surface area contributed by atoms with Gasteiger partial charge in [0.1, 0.15) is 0 Å². The largest absolute Gasteiger partial charge is 0.322 e. The van der Waals surface area contributed by atoms with Gasteiger partial charge in [-0.25, -0.2) is 8.42 Å². The lowest BCUT2D eigenvalue weighted by molar-refractivity contribution is 0.102. The number of sulfonamides is 1. The van der Waals surface area contributed by atoms with E-state index in [1.54, 1.807) is 42.5 Å². The maximum absolute atomic E-state index is 12.3. The number of halogens is 1. The van der Waals surface area contributed by atoms with Crippen molar-refractivity contribution in [1.29, 1.82) is 0 Å². The summed E-state index contributed by atoms with van der Waals surface area (Å²) in [6, 6.07) is 11.9. The van der Waals surface area contributed by atoms with Crippen LogP contribution in [0.1, 0.15) is 28.8 Å². The number of nitrogens with zero attached hydrogens (tertiary/aromatic N) is 1. The maximum Gasteiger partial charge on any atom is 0.255 e. The smallest absolute Gasteiger partial charge is 0.255 e. The van der Waals surface area contributed by atoms with Crippen LogP contribution >= 0.6 is 11.6 Å². The van der Waals surface area contributed by atoms with Crippen LogP contribution in [0.3, 0.4) is 0 Å². The van der Waals surface area contributed by atoms with Gasteiger partial charge in [0, 0.05) is 22.8 Å². The topological polar surface area (TPSA) is 66.5 Å². The van der Waals surface area contributed by atoms with E-state index in [1.165, 1.54) is 4.31 Å². The van der Waals surface area contributed by atoms with E-state index in [9.17, 15) is 13.2 Å². The first-order valence-corrected chi connectivity index (χ1v) is 10.0. The van der Waals surface area contributed by atoms with E-state index < -0.39 is 10.0 Å². The van der Waals surface area contributed by atoms with Crippen LogP contribution in [0, 0.1) is 6.92 Å². The van der Waals surface area contributed by atoms with Crippen LogP contribution in [0.4, 0.5) is 11.4 Å². The van der Waals surface area contributed by atoms with Crippen molar-refractivity contribution in [3.63, 3.8) is 0 Å². The van der Waals surface area contributed by atoms with Crippen LogP contribution in [-0.4, -0.2) is 26.6 Å². The van der Waals surface area contributed by atoms with Crippen LogP contribution < -0.4 is 9.62 Å². The molecule has 3 rings (SSSR count). The van der Waals surface area contributed by atoms with Gasteiger partial charge in [0.25, 0.3) is 5.91 Å². The number of anilines is 2. The van der Waals surface area contributed by atoms with Crippen molar-refractivity contribution in [1.82, 2.24) is 0 Å². The summed E-state index contributed by atoms with van der Waals surface area (Å²) in [5.41, 5.74) is 2.54. The second-order valence-electron chi connectivity index (χ2n) is 6.06. The van der Waals surface area contributed by atoms with Crippen molar-refractivity contribution in [2.24, 2.45) is 0 Å². The van der Waals surface area contributed by atoms with E-state index in [1.807, 2.05) is 6.92 Å². The summed E-state index contributed by atoms with van der Waals surface area (Å²) < 4.78 is 26.0. The molecule has 2 aromatic carbocycles. The average molecular weight is 379 g/mol. The molecule has 132 valence electrons. The van der Waals surface area contributed by atoms with Crippen LogP contribution in [0.25, 0.3) is 0 Å². The first kappa shape index (κ1) is 17.8. The Bertz CT molecular complexity index is 912. The molecule has 0 saturated carbocycles. The van der Waals surface area contributed by atoms with E-state index in [-0.39, 0.29) is 11.7 Å². The zero-order valence-corrected chi connectivity index (χ0v) is 15.4. The van der Waals surface area contributed by atoms with Gasteiger partial charge < -0.3 is 5.32 Å². The number of aryl methyl sites for hydroxylation is 1. The number of nitrogens with one attached hydrogen (secondary N) is 1. The van der Waals surface area contributed by atoms with Gasteiger partial charge in [0.2, 0.25) is 10.0 Å². The molecule has 0 radical (unpaired) electrons. The molecular formula is C18H19ClN2O3S. The van der Waals surface area contributed by atoms with Gasteiger partial charge in [-0.2, -0.15) is 0 Å². The molecule has 5 nitrogen and oxygen atoms in total. The molecule has 1 aliphatic heterocycles. The van der Waals surface area contributed by atoms with Crippen LogP contribution in [0.2, 0.25) is 5.02 Å². The summed E-state index contributed by atoms with van der Waals surface area (Å²) in [4.78, 5) is 12.3. The normalized spacial score (nSPS) is 16.5. The molecule has 0 spiro atoms. The van der Waals surface area contributed by atoms with Crippen LogP contribution in [0.15, 0.2) is 42.5 Å². The Morgan fingerprint density at radius 2 is 1.96 bits per heavy atom. The van der Waals surface area contributed by atoms with Crippen molar-refractivity contribution >= 4 is 38.9 Å². The highest BCUT2D eigenvalue weighted by molar-refractivity contribution is 7.92. The molecule has 0 aromatic heterocycles. The zero-order chi connectivity index (χ0) is 18.0. The van der Waals surface area contributed by atoms with Crippen LogP contribution in [0.5, 0.6) is 0 Å². The first-order valence-electron chi connectivity index (χ1n) is 8.05. The third-order valence-corrected chi connectivity index (χ3v) is 6.25. The summed E-state index contributed by atoms with van der Waals surface area (Å²) in [5, 5.41) is 3.31. The van der Waals surface area contributed by atoms with Gasteiger partial charge in [0.15, 0.2) is 0 Å². The monoisotopic (exact) mass is 378 g/mol. The quantitative estimate of drug-likeness (QED) is 0.882. The highest BCUT2D eigenvalue weighted by Crippen LogP contribution is 2.29. The summed E-state index contributed by atoms with van der Waals surface area (Å²) in [7, 11) is -3.25. The predicted octanol–water partition coefficient (Wildman–Crippen LogP) is 3.83. The summed E-state index contributed by atoms with van der Waals surface area (Å²) in [6.45, 7) is 2.34. The number of carbonyl (C=O) groups excluding carboxylic acids is 1. The van der Waals surface area contributed by atoms with E-state index in [0.717, 1.165) is 12.0 Å². The zero-order valence-electron chi connectivity index (χ0n) is 13.8. The lowest BCUT2D eigenvalue weighted by atomic mass is 10.1. The van der Waals surface area contributed by atoms with Crippen molar-refractivity contribution in [2.45, 2.75) is 19.8 Å². The van der Waals surface area contributed by atoms with Gasteiger partial charge in [-0.05, 0) is 61.7 Å². The van der Waals surface area contributed by atoms with Gasteiger partial charge in [-0.1, -0.05) is 17.7 Å². The number of hydrogen-bond donors (Lipinski definition) is 1. The highest BCUT2D eigenvalue weighted by Gasteiger charge is 2.27. The molecule has 25 heavy (non-hydrogen) atoms. The highest BCUT2D eigenvalue weighted by atomic mass is 35.5. The molecule has 1 N–H and O–H groups in total. The number of amides is 1. The second kappa shape index (κ2) is 7.06. The third kappa shape index (κ3) is 3.96. The Morgan fingerprint density at radius 1 is 1.16 bits per heavy atom. The molecule has 1 fully saturated rings. The Labute approximate surface area is 152 Å². The number of carbonyl (C=O) groups is 1. The SMILES string of the molecule is Cc1cc(NC(=O)c2cccc(Cl)c2)ccc1N1CCCCS1(=O)=O. The fourth-order valence-corrected chi connectivity index (χ4v) is 4.80. The predicted molar refractivity (Wildman–Crippen MR) is 101 cm³/mol. The summed E-state index contributed by atoms with van der Waals surface area (Å²) in [5.74, 6) is -0.0834. The van der Waals surface area contributed by atoms with E-state index in [2.05, 4.69) is 5.32 Å². The summed E-state index contributed by atoms with van der Waals surface area (Å²) >= 11 is 5.91. The van der Waals surface area contributed by atoms with Gasteiger partial charge in [-0.15, -0.1) is 0 Å². The third-order valence-electron chi connectivity index (χ3n) is 4.16. The van der Waals surface area contributed by atoms with Crippen molar-refractivity contribution in [3.05, 3.63) is 58.6 Å². The van der Waals surface area contributed by atoms with Crippen molar-refractivity contribution in [2.75, 3.05) is 21.9 Å². The maximum atomic E-state index is 12.3. The molecular weight excluding hydrogens is 360 g/mol. The van der Waals surface area contributed by atoms with E-state index in [4.69, 9.17) is 11.6 Å². The Balaban J connectivity index is 1.81. The van der Waals surface area contributed by atoms with Crippen molar-refractivity contribution < 1.29 is 13.2 Å². The Morgan fingerprint density at radius 3 is 2.64 bits per heavy atom. The van der Waals surface area contributed by atoms with Gasteiger partial charge >= 0.3 is 0 Å². The molecule has 7 heteroatoms. The standard InChI is InChI=1S/C18H19ClN2O3S/c1-13-11-16(20-18(22)14-5-4-6-15(19)12-14)7-8-17(13)21-9-2-3-10-25(21,23)24/h4-8,11-12H,2-3,9-10H2,1H3,(H,20,22). The number of rotatable bonds is 3. The minimum Gasteiger partial charge on any atom is -0.322 e. The van der Waals surface area contributed by atoms with Gasteiger partial charge in [0.05, 0.1) is 11.4 Å². The number of hydrogen-bond acceptors (Lipinski definition) is 3. The molecule has 0 aliphatic carbocycles. The lowest BCUT2D eigenvalue weighted by Gasteiger charge is -2.29. The minimum absolute atomic E-state index is 0.180. The molecule has 0 unspecified atom stereocenters. The number of benzene rings is 2. The fraction of sp³-hybridized carbons (Fsp3) is 0.278. The molecule has 1 amide bonds. The van der Waals surface area contributed by atoms with E-state index in [0.29, 0.717) is 34.9 Å². The van der Waals surface area contributed by atoms with Crippen LogP contribution in [-0.2, 0) is 10.0 Å². The molecule has 1 aliphatic rings. The fourth-order valence-electron chi connectivity index (χ4n) is 2.91. The Kier molecular flexibility index (Phi) is 5.01. The molecule has 1 saturated heterocycles.